The summed E-state index contributed by atoms with van der Waals surface area (Å²) in [6.07, 6.45) is -1.87. The number of nitrogens with one attached hydrogen (secondary N) is 2. The van der Waals surface area contributed by atoms with E-state index in [0.717, 1.165) is 5.56 Å². The normalized spacial score (nSPS) is 13.0. The third-order valence-electron chi connectivity index (χ3n) is 4.50. The molecule has 0 radical (unpaired) electrons. The molecule has 2 rings (SSSR count). The van der Waals surface area contributed by atoms with Crippen LogP contribution in [0.2, 0.25) is 0 Å². The number of anilines is 2. The standard InChI is InChI=1S/C24H30N2O5/c1-15(22(28)26-20-11-9-19(10-12-20)25-17(3)27)31-23(29)16(2)30-21-13-7-18(8-14-21)24(4,5)6/h7-16H,1-6H3,(H,25,27)(H,26,28)/t15-,16+/m0/s1. The van der Waals surface area contributed by atoms with Crippen LogP contribution in [0.5, 0.6) is 5.75 Å². The molecule has 0 aromatic heterocycles. The molecule has 0 heterocycles. The lowest BCUT2D eigenvalue weighted by Crippen LogP contribution is -2.35. The second-order valence-electron chi connectivity index (χ2n) is 8.36. The number of hydrogen-bond donors (Lipinski definition) is 2. The number of benzene rings is 2. The first-order chi connectivity index (χ1) is 14.5. The minimum atomic E-state index is -1.00. The van der Waals surface area contributed by atoms with E-state index in [-0.39, 0.29) is 11.3 Å². The fourth-order valence-electron chi connectivity index (χ4n) is 2.69. The molecule has 7 heteroatoms. The molecule has 2 aromatic carbocycles. The van der Waals surface area contributed by atoms with Crippen molar-refractivity contribution >= 4 is 29.2 Å². The highest BCUT2D eigenvalue weighted by molar-refractivity contribution is 5.95. The molecule has 0 saturated heterocycles. The van der Waals surface area contributed by atoms with E-state index in [2.05, 4.69) is 31.4 Å². The average Bonchev–Trinajstić information content (AvgIpc) is 2.68. The van der Waals surface area contributed by atoms with Crippen LogP contribution in [0.3, 0.4) is 0 Å². The van der Waals surface area contributed by atoms with Crippen LogP contribution in [0.1, 0.15) is 47.1 Å². The van der Waals surface area contributed by atoms with E-state index >= 15 is 0 Å². The van der Waals surface area contributed by atoms with Gasteiger partial charge in [0.05, 0.1) is 0 Å². The number of carbonyl (C=O) groups is 3. The van der Waals surface area contributed by atoms with E-state index < -0.39 is 24.1 Å². The molecule has 2 N–H and O–H groups in total. The molecule has 0 aliphatic rings. The lowest BCUT2D eigenvalue weighted by molar-refractivity contribution is -0.159. The van der Waals surface area contributed by atoms with Gasteiger partial charge in [0.2, 0.25) is 5.91 Å². The summed E-state index contributed by atoms with van der Waals surface area (Å²) in [5.74, 6) is -0.737. The maximum absolute atomic E-state index is 12.3. The monoisotopic (exact) mass is 426 g/mol. The minimum Gasteiger partial charge on any atom is -0.479 e. The predicted octanol–water partition coefficient (Wildman–Crippen LogP) is 4.28. The van der Waals surface area contributed by atoms with Crippen molar-refractivity contribution in [3.63, 3.8) is 0 Å². The summed E-state index contributed by atoms with van der Waals surface area (Å²) in [4.78, 5) is 35.7. The number of ether oxygens (including phenoxy) is 2. The summed E-state index contributed by atoms with van der Waals surface area (Å²) in [5.41, 5.74) is 2.32. The summed E-state index contributed by atoms with van der Waals surface area (Å²) in [7, 11) is 0. The Labute approximate surface area is 183 Å². The average molecular weight is 427 g/mol. The van der Waals surface area contributed by atoms with Gasteiger partial charge in [-0.25, -0.2) is 4.79 Å². The molecular weight excluding hydrogens is 396 g/mol. The van der Waals surface area contributed by atoms with Crippen LogP contribution < -0.4 is 15.4 Å². The zero-order valence-corrected chi connectivity index (χ0v) is 18.8. The molecule has 7 nitrogen and oxygen atoms in total. The Morgan fingerprint density at radius 2 is 1.32 bits per heavy atom. The Bertz CT molecular complexity index is 914. The molecule has 2 aromatic rings. The van der Waals surface area contributed by atoms with Crippen LogP contribution in [0.25, 0.3) is 0 Å². The molecular formula is C24H30N2O5. The molecule has 0 saturated carbocycles. The van der Waals surface area contributed by atoms with Crippen LogP contribution in [-0.2, 0) is 24.5 Å². The van der Waals surface area contributed by atoms with E-state index in [1.807, 2.05) is 24.3 Å². The topological polar surface area (TPSA) is 93.7 Å². The lowest BCUT2D eigenvalue weighted by Gasteiger charge is -2.20. The van der Waals surface area contributed by atoms with Gasteiger partial charge >= 0.3 is 5.97 Å². The first-order valence-electron chi connectivity index (χ1n) is 10.1. The molecule has 0 spiro atoms. The van der Waals surface area contributed by atoms with Crippen molar-refractivity contribution in [1.82, 2.24) is 0 Å². The third-order valence-corrected chi connectivity index (χ3v) is 4.50. The predicted molar refractivity (Wildman–Crippen MR) is 120 cm³/mol. The van der Waals surface area contributed by atoms with Crippen LogP contribution >= 0.6 is 0 Å². The fraction of sp³-hybridized carbons (Fsp3) is 0.375. The molecule has 0 bridgehead atoms. The molecule has 166 valence electrons. The fourth-order valence-corrected chi connectivity index (χ4v) is 2.69. The molecule has 31 heavy (non-hydrogen) atoms. The second-order valence-corrected chi connectivity index (χ2v) is 8.36. The Morgan fingerprint density at radius 3 is 1.81 bits per heavy atom. The maximum Gasteiger partial charge on any atom is 0.347 e. The van der Waals surface area contributed by atoms with Gasteiger partial charge in [-0.2, -0.15) is 0 Å². The zero-order chi connectivity index (χ0) is 23.2. The van der Waals surface area contributed by atoms with E-state index in [9.17, 15) is 14.4 Å². The summed E-state index contributed by atoms with van der Waals surface area (Å²) in [6.45, 7) is 10.8. The van der Waals surface area contributed by atoms with Crippen molar-refractivity contribution in [2.45, 2.75) is 59.2 Å². The van der Waals surface area contributed by atoms with Gasteiger partial charge in [0.15, 0.2) is 12.2 Å². The minimum absolute atomic E-state index is 0.0239. The number of carbonyl (C=O) groups excluding carboxylic acids is 3. The highest BCUT2D eigenvalue weighted by Crippen LogP contribution is 2.24. The second kappa shape index (κ2) is 10.1. The van der Waals surface area contributed by atoms with Gasteiger partial charge in [0.1, 0.15) is 5.75 Å². The van der Waals surface area contributed by atoms with Crippen molar-refractivity contribution < 1.29 is 23.9 Å². The first kappa shape index (κ1) is 23.9. The highest BCUT2D eigenvalue weighted by atomic mass is 16.6. The Balaban J connectivity index is 1.87. The summed E-state index contributed by atoms with van der Waals surface area (Å²) >= 11 is 0. The summed E-state index contributed by atoms with van der Waals surface area (Å²) in [5, 5.41) is 5.31. The van der Waals surface area contributed by atoms with Crippen LogP contribution in [0.4, 0.5) is 11.4 Å². The van der Waals surface area contributed by atoms with Gasteiger partial charge in [0.25, 0.3) is 5.91 Å². The largest absolute Gasteiger partial charge is 0.479 e. The van der Waals surface area contributed by atoms with E-state index in [4.69, 9.17) is 9.47 Å². The molecule has 0 unspecified atom stereocenters. The maximum atomic E-state index is 12.3. The first-order valence-corrected chi connectivity index (χ1v) is 10.1. The van der Waals surface area contributed by atoms with Gasteiger partial charge in [0, 0.05) is 18.3 Å². The van der Waals surface area contributed by atoms with Crippen molar-refractivity contribution in [3.05, 3.63) is 54.1 Å². The van der Waals surface area contributed by atoms with Crippen molar-refractivity contribution in [1.29, 1.82) is 0 Å². The SMILES string of the molecule is CC(=O)Nc1ccc(NC(=O)[C@H](C)OC(=O)[C@@H](C)Oc2ccc(C(C)(C)C)cc2)cc1. The van der Waals surface area contributed by atoms with Gasteiger partial charge in [-0.15, -0.1) is 0 Å². The number of hydrogen-bond acceptors (Lipinski definition) is 5. The van der Waals surface area contributed by atoms with Gasteiger partial charge < -0.3 is 20.1 Å². The van der Waals surface area contributed by atoms with E-state index in [0.29, 0.717) is 17.1 Å². The highest BCUT2D eigenvalue weighted by Gasteiger charge is 2.23. The molecule has 0 aliphatic heterocycles. The van der Waals surface area contributed by atoms with E-state index in [1.165, 1.54) is 13.8 Å². The number of esters is 1. The Morgan fingerprint density at radius 1 is 0.806 bits per heavy atom. The molecule has 0 aliphatic carbocycles. The van der Waals surface area contributed by atoms with Crippen molar-refractivity contribution in [2.24, 2.45) is 0 Å². The van der Waals surface area contributed by atoms with Crippen molar-refractivity contribution in [2.75, 3.05) is 10.6 Å². The zero-order valence-electron chi connectivity index (χ0n) is 18.8. The van der Waals surface area contributed by atoms with Crippen molar-refractivity contribution in [3.8, 4) is 5.75 Å². The summed E-state index contributed by atoms with van der Waals surface area (Å²) in [6, 6.07) is 14.1. The van der Waals surface area contributed by atoms with Gasteiger partial charge in [-0.1, -0.05) is 32.9 Å². The Hall–Kier alpha value is -3.35. The van der Waals surface area contributed by atoms with E-state index in [1.54, 1.807) is 31.2 Å². The molecule has 2 atom stereocenters. The molecule has 0 fully saturated rings. The summed E-state index contributed by atoms with van der Waals surface area (Å²) < 4.78 is 10.9. The molecule has 2 amide bonds. The van der Waals surface area contributed by atoms with Gasteiger partial charge in [-0.05, 0) is 61.2 Å². The quantitative estimate of drug-likeness (QED) is 0.645. The smallest absolute Gasteiger partial charge is 0.347 e. The van der Waals surface area contributed by atoms with Gasteiger partial charge in [-0.3, -0.25) is 9.59 Å². The Kier molecular flexibility index (Phi) is 7.80. The van der Waals surface area contributed by atoms with Crippen LogP contribution in [-0.4, -0.2) is 30.0 Å². The van der Waals surface area contributed by atoms with Crippen LogP contribution in [0.15, 0.2) is 48.5 Å². The lowest BCUT2D eigenvalue weighted by atomic mass is 9.87. The number of rotatable bonds is 7. The third kappa shape index (κ3) is 7.44. The number of amides is 2. The van der Waals surface area contributed by atoms with Crippen LogP contribution in [0, 0.1) is 0 Å².